The zero-order valence-corrected chi connectivity index (χ0v) is 12.2. The molecule has 1 atom stereocenters. The van der Waals surface area contributed by atoms with Crippen molar-refractivity contribution in [3.05, 3.63) is 18.5 Å². The van der Waals surface area contributed by atoms with Gasteiger partial charge in [0.2, 0.25) is 11.9 Å². The van der Waals surface area contributed by atoms with Gasteiger partial charge in [0.25, 0.3) is 0 Å². The maximum absolute atomic E-state index is 12.0. The summed E-state index contributed by atoms with van der Waals surface area (Å²) < 4.78 is 0. The zero-order chi connectivity index (χ0) is 14.4. The predicted molar refractivity (Wildman–Crippen MR) is 78.6 cm³/mol. The van der Waals surface area contributed by atoms with Crippen molar-refractivity contribution < 1.29 is 4.79 Å². The molecule has 1 fully saturated rings. The van der Waals surface area contributed by atoms with E-state index in [2.05, 4.69) is 32.0 Å². The van der Waals surface area contributed by atoms with E-state index in [9.17, 15) is 4.79 Å². The first-order chi connectivity index (χ1) is 9.72. The lowest BCUT2D eigenvalue weighted by molar-refractivity contribution is -0.126. The van der Waals surface area contributed by atoms with Gasteiger partial charge in [0.15, 0.2) is 0 Å². The number of hydrogen-bond acceptors (Lipinski definition) is 5. The molecule has 1 aliphatic heterocycles. The molecule has 1 aliphatic rings. The van der Waals surface area contributed by atoms with Crippen LogP contribution >= 0.6 is 0 Å². The Morgan fingerprint density at radius 1 is 1.30 bits per heavy atom. The summed E-state index contributed by atoms with van der Waals surface area (Å²) in [5.41, 5.74) is 0. The Morgan fingerprint density at radius 3 is 2.55 bits per heavy atom. The van der Waals surface area contributed by atoms with E-state index in [1.165, 1.54) is 0 Å². The number of carbonyl (C=O) groups is 1. The van der Waals surface area contributed by atoms with Crippen LogP contribution in [0.2, 0.25) is 0 Å². The second-order valence-electron chi connectivity index (χ2n) is 5.04. The molecule has 6 heteroatoms. The Labute approximate surface area is 120 Å². The number of hydrogen-bond donors (Lipinski definition) is 1. The van der Waals surface area contributed by atoms with Gasteiger partial charge in [-0.1, -0.05) is 6.92 Å². The van der Waals surface area contributed by atoms with E-state index >= 15 is 0 Å². The van der Waals surface area contributed by atoms with Crippen LogP contribution in [0.3, 0.4) is 0 Å². The number of nitrogens with zero attached hydrogens (tertiary/aromatic N) is 4. The van der Waals surface area contributed by atoms with Gasteiger partial charge in [0, 0.05) is 45.1 Å². The molecule has 1 saturated heterocycles. The second-order valence-corrected chi connectivity index (χ2v) is 5.04. The third kappa shape index (κ3) is 3.66. The lowest BCUT2D eigenvalue weighted by Crippen LogP contribution is -2.54. The van der Waals surface area contributed by atoms with Crippen LogP contribution in [0.15, 0.2) is 18.5 Å². The molecule has 1 unspecified atom stereocenters. The molecular formula is C14H23N5O. The van der Waals surface area contributed by atoms with E-state index in [1.807, 2.05) is 13.0 Å². The van der Waals surface area contributed by atoms with Crippen LogP contribution in [0.4, 0.5) is 5.95 Å². The summed E-state index contributed by atoms with van der Waals surface area (Å²) in [6, 6.07) is 1.75. The Balaban J connectivity index is 1.83. The fourth-order valence-corrected chi connectivity index (χ4v) is 2.33. The van der Waals surface area contributed by atoms with Crippen LogP contribution in [0.25, 0.3) is 0 Å². The average molecular weight is 277 g/mol. The van der Waals surface area contributed by atoms with E-state index in [4.69, 9.17) is 0 Å². The van der Waals surface area contributed by atoms with Gasteiger partial charge in [-0.15, -0.1) is 0 Å². The van der Waals surface area contributed by atoms with E-state index < -0.39 is 0 Å². The summed E-state index contributed by atoms with van der Waals surface area (Å²) in [7, 11) is 0. The first-order valence-corrected chi connectivity index (χ1v) is 7.26. The molecular weight excluding hydrogens is 254 g/mol. The van der Waals surface area contributed by atoms with Gasteiger partial charge in [0.05, 0.1) is 6.04 Å². The smallest absolute Gasteiger partial charge is 0.237 e. The molecule has 6 nitrogen and oxygen atoms in total. The second kappa shape index (κ2) is 7.19. The van der Waals surface area contributed by atoms with E-state index in [1.54, 1.807) is 12.4 Å². The summed E-state index contributed by atoms with van der Waals surface area (Å²) in [6.45, 7) is 8.22. The average Bonchev–Trinajstić information content (AvgIpc) is 2.53. The Hall–Kier alpha value is -1.69. The molecule has 0 saturated carbocycles. The molecule has 110 valence electrons. The van der Waals surface area contributed by atoms with Gasteiger partial charge in [0.1, 0.15) is 0 Å². The number of amides is 1. The summed E-state index contributed by atoms with van der Waals surface area (Å²) >= 11 is 0. The fraction of sp³-hybridized carbons (Fsp3) is 0.643. The molecule has 0 radical (unpaired) electrons. The monoisotopic (exact) mass is 277 g/mol. The predicted octanol–water partition coefficient (Wildman–Crippen LogP) is 0.513. The summed E-state index contributed by atoms with van der Waals surface area (Å²) in [6.07, 6.45) is 4.49. The molecule has 1 amide bonds. The first-order valence-electron chi connectivity index (χ1n) is 7.26. The van der Waals surface area contributed by atoms with Crippen molar-refractivity contribution in [3.63, 3.8) is 0 Å². The molecule has 0 aromatic carbocycles. The molecule has 0 bridgehead atoms. The highest BCUT2D eigenvalue weighted by Gasteiger charge is 2.25. The largest absolute Gasteiger partial charge is 0.355 e. The molecule has 2 rings (SSSR count). The van der Waals surface area contributed by atoms with Crippen LogP contribution in [-0.2, 0) is 4.79 Å². The van der Waals surface area contributed by atoms with Crippen LogP contribution < -0.4 is 10.2 Å². The van der Waals surface area contributed by atoms with E-state index in [-0.39, 0.29) is 11.9 Å². The molecule has 0 spiro atoms. The lowest BCUT2D eigenvalue weighted by Gasteiger charge is -2.37. The molecule has 1 N–H and O–H groups in total. The fourth-order valence-electron chi connectivity index (χ4n) is 2.33. The van der Waals surface area contributed by atoms with Gasteiger partial charge in [-0.2, -0.15) is 0 Å². The van der Waals surface area contributed by atoms with Gasteiger partial charge in [-0.3, -0.25) is 9.69 Å². The van der Waals surface area contributed by atoms with Crippen LogP contribution in [0.1, 0.15) is 20.3 Å². The molecule has 1 aromatic rings. The summed E-state index contributed by atoms with van der Waals surface area (Å²) in [5.74, 6) is 0.895. The van der Waals surface area contributed by atoms with Gasteiger partial charge in [-0.25, -0.2) is 9.97 Å². The highest BCUT2D eigenvalue weighted by Crippen LogP contribution is 2.11. The molecule has 1 aromatic heterocycles. The molecule has 2 heterocycles. The zero-order valence-electron chi connectivity index (χ0n) is 12.2. The minimum absolute atomic E-state index is 0.0691. The van der Waals surface area contributed by atoms with Crippen molar-refractivity contribution in [2.45, 2.75) is 26.3 Å². The SMILES string of the molecule is CCCNC(=O)C(C)N1CCN(c2ncccn2)CC1. The van der Waals surface area contributed by atoms with E-state index in [0.29, 0.717) is 0 Å². The van der Waals surface area contributed by atoms with Gasteiger partial charge >= 0.3 is 0 Å². The number of rotatable bonds is 5. The van der Waals surface area contributed by atoms with Crippen LogP contribution in [-0.4, -0.2) is 59.5 Å². The minimum Gasteiger partial charge on any atom is -0.355 e. The Morgan fingerprint density at radius 2 is 1.95 bits per heavy atom. The van der Waals surface area contributed by atoms with Gasteiger partial charge in [-0.05, 0) is 19.4 Å². The van der Waals surface area contributed by atoms with Crippen molar-refractivity contribution >= 4 is 11.9 Å². The third-order valence-corrected chi connectivity index (χ3v) is 3.63. The molecule has 20 heavy (non-hydrogen) atoms. The summed E-state index contributed by atoms with van der Waals surface area (Å²) in [5, 5.41) is 2.95. The standard InChI is InChI=1S/C14H23N5O/c1-3-5-15-13(20)12(2)18-8-10-19(11-9-18)14-16-6-4-7-17-14/h4,6-7,12H,3,5,8-11H2,1-2H3,(H,15,20). The molecule has 0 aliphatic carbocycles. The minimum atomic E-state index is -0.0691. The van der Waals surface area contributed by atoms with E-state index in [0.717, 1.165) is 45.1 Å². The third-order valence-electron chi connectivity index (χ3n) is 3.63. The maximum atomic E-state index is 12.0. The van der Waals surface area contributed by atoms with Crippen molar-refractivity contribution in [2.75, 3.05) is 37.6 Å². The lowest BCUT2D eigenvalue weighted by atomic mass is 10.2. The number of nitrogens with one attached hydrogen (secondary N) is 1. The van der Waals surface area contributed by atoms with Gasteiger partial charge < -0.3 is 10.2 Å². The van der Waals surface area contributed by atoms with Crippen molar-refractivity contribution in [3.8, 4) is 0 Å². The van der Waals surface area contributed by atoms with Crippen LogP contribution in [0.5, 0.6) is 0 Å². The van der Waals surface area contributed by atoms with Crippen molar-refractivity contribution in [1.29, 1.82) is 0 Å². The van der Waals surface area contributed by atoms with Crippen molar-refractivity contribution in [1.82, 2.24) is 20.2 Å². The van der Waals surface area contributed by atoms with Crippen molar-refractivity contribution in [2.24, 2.45) is 0 Å². The number of aromatic nitrogens is 2. The quantitative estimate of drug-likeness (QED) is 0.850. The Bertz CT molecular complexity index is 417. The topological polar surface area (TPSA) is 61.4 Å². The Kier molecular flexibility index (Phi) is 5.29. The number of carbonyl (C=O) groups excluding carboxylic acids is 1. The highest BCUT2D eigenvalue weighted by molar-refractivity contribution is 5.81. The maximum Gasteiger partial charge on any atom is 0.237 e. The number of piperazine rings is 1. The van der Waals surface area contributed by atoms with Crippen LogP contribution in [0, 0.1) is 0 Å². The highest BCUT2D eigenvalue weighted by atomic mass is 16.2. The normalized spacial score (nSPS) is 17.8. The summed E-state index contributed by atoms with van der Waals surface area (Å²) in [4.78, 5) is 24.9. The first kappa shape index (κ1) is 14.7. The number of anilines is 1.